The molecule has 124 valence electrons. The molecule has 2 aromatic rings. The molecule has 1 aromatic carbocycles. The molecule has 6 heteroatoms. The smallest absolute Gasteiger partial charge is 0.165 e. The fraction of sp³-hybridized carbons (Fsp3) is 0.588. The van der Waals surface area contributed by atoms with Crippen LogP contribution in [0.1, 0.15) is 50.1 Å². The van der Waals surface area contributed by atoms with E-state index >= 15 is 0 Å². The van der Waals surface area contributed by atoms with Gasteiger partial charge in [-0.25, -0.2) is 4.68 Å². The molecule has 0 radical (unpaired) electrons. The lowest BCUT2D eigenvalue weighted by Crippen LogP contribution is -2.31. The Balaban J connectivity index is 1.62. The molecule has 1 aliphatic heterocycles. The highest BCUT2D eigenvalue weighted by atomic mass is 16.3. The van der Waals surface area contributed by atoms with Crippen molar-refractivity contribution in [3.05, 3.63) is 41.7 Å². The number of aryl methyl sites for hydroxylation is 1. The lowest BCUT2D eigenvalue weighted by atomic mass is 10.0. The summed E-state index contributed by atoms with van der Waals surface area (Å²) in [5, 5.41) is 22.5. The van der Waals surface area contributed by atoms with Crippen LogP contribution in [0.5, 0.6) is 0 Å². The third-order valence-electron chi connectivity index (χ3n) is 4.56. The van der Waals surface area contributed by atoms with Gasteiger partial charge in [0.2, 0.25) is 0 Å². The number of aliphatic hydroxyl groups is 1. The fourth-order valence-corrected chi connectivity index (χ4v) is 3.34. The van der Waals surface area contributed by atoms with Gasteiger partial charge in [-0.15, -0.1) is 5.10 Å². The van der Waals surface area contributed by atoms with Gasteiger partial charge in [-0.1, -0.05) is 37.3 Å². The summed E-state index contributed by atoms with van der Waals surface area (Å²) < 4.78 is 1.89. The summed E-state index contributed by atoms with van der Waals surface area (Å²) in [7, 11) is 0. The van der Waals surface area contributed by atoms with Crippen LogP contribution in [-0.2, 0) is 13.1 Å². The van der Waals surface area contributed by atoms with Crippen LogP contribution in [0.15, 0.2) is 30.3 Å². The topological polar surface area (TPSA) is 67.1 Å². The van der Waals surface area contributed by atoms with Gasteiger partial charge in [0, 0.05) is 12.6 Å². The van der Waals surface area contributed by atoms with Crippen LogP contribution in [0, 0.1) is 0 Å². The molecule has 1 aromatic heterocycles. The van der Waals surface area contributed by atoms with Gasteiger partial charge in [-0.3, -0.25) is 4.90 Å². The minimum Gasteiger partial charge on any atom is -0.388 e. The normalized spacial score (nSPS) is 20.0. The lowest BCUT2D eigenvalue weighted by Gasteiger charge is -2.26. The average Bonchev–Trinajstić information content (AvgIpc) is 3.19. The van der Waals surface area contributed by atoms with Gasteiger partial charge in [0.1, 0.15) is 0 Å². The fourth-order valence-electron chi connectivity index (χ4n) is 3.34. The maximum atomic E-state index is 10.5. The van der Waals surface area contributed by atoms with E-state index in [0.717, 1.165) is 50.3 Å². The predicted octanol–water partition coefficient (Wildman–Crippen LogP) is 2.17. The molecule has 0 aliphatic carbocycles. The first-order valence-electron chi connectivity index (χ1n) is 8.50. The summed E-state index contributed by atoms with van der Waals surface area (Å²) in [6, 6.07) is 10.3. The number of aliphatic hydroxyl groups excluding tert-OH is 1. The van der Waals surface area contributed by atoms with E-state index in [1.165, 1.54) is 6.42 Å². The van der Waals surface area contributed by atoms with E-state index in [2.05, 4.69) is 27.3 Å². The number of rotatable bonds is 7. The van der Waals surface area contributed by atoms with Crippen molar-refractivity contribution in [2.45, 2.75) is 57.8 Å². The molecule has 0 spiro atoms. The van der Waals surface area contributed by atoms with Crippen LogP contribution < -0.4 is 0 Å². The number of tetrazole rings is 1. The van der Waals surface area contributed by atoms with Gasteiger partial charge in [0.25, 0.3) is 0 Å². The highest BCUT2D eigenvalue weighted by Crippen LogP contribution is 2.28. The van der Waals surface area contributed by atoms with E-state index < -0.39 is 6.10 Å². The molecule has 3 rings (SSSR count). The van der Waals surface area contributed by atoms with Crippen molar-refractivity contribution in [2.24, 2.45) is 0 Å². The number of benzene rings is 1. The second kappa shape index (κ2) is 7.66. The second-order valence-corrected chi connectivity index (χ2v) is 6.25. The molecule has 1 saturated heterocycles. The van der Waals surface area contributed by atoms with Crippen molar-refractivity contribution in [1.29, 1.82) is 0 Å². The minimum absolute atomic E-state index is 0.386. The number of nitrogens with zero attached hydrogens (tertiary/aromatic N) is 5. The standard InChI is InChI=1S/C17H25N5O/c1-2-10-22-17(18-19-20-22)13-21-11-6-9-15(21)12-16(23)14-7-4-3-5-8-14/h3-5,7-8,15-16,23H,2,6,9-13H2,1H3/t15-,16-/m0/s1. The van der Waals surface area contributed by atoms with Gasteiger partial charge in [-0.2, -0.15) is 0 Å². The molecule has 1 fully saturated rings. The molecule has 1 N–H and O–H groups in total. The van der Waals surface area contributed by atoms with Crippen LogP contribution >= 0.6 is 0 Å². The summed E-state index contributed by atoms with van der Waals surface area (Å²) in [6.45, 7) is 4.79. The van der Waals surface area contributed by atoms with Crippen LogP contribution in [0.4, 0.5) is 0 Å². The van der Waals surface area contributed by atoms with E-state index in [0.29, 0.717) is 6.04 Å². The predicted molar refractivity (Wildman–Crippen MR) is 87.6 cm³/mol. The van der Waals surface area contributed by atoms with Gasteiger partial charge in [-0.05, 0) is 48.2 Å². The van der Waals surface area contributed by atoms with Crippen LogP contribution in [0.25, 0.3) is 0 Å². The first-order valence-corrected chi connectivity index (χ1v) is 8.50. The lowest BCUT2D eigenvalue weighted by molar-refractivity contribution is 0.116. The van der Waals surface area contributed by atoms with Gasteiger partial charge in [0.15, 0.2) is 5.82 Å². The van der Waals surface area contributed by atoms with Crippen LogP contribution in [0.3, 0.4) is 0 Å². The minimum atomic E-state index is -0.409. The van der Waals surface area contributed by atoms with Crippen molar-refractivity contribution in [3.8, 4) is 0 Å². The van der Waals surface area contributed by atoms with Crippen LogP contribution in [-0.4, -0.2) is 42.8 Å². The Morgan fingerprint density at radius 3 is 2.91 bits per heavy atom. The summed E-state index contributed by atoms with van der Waals surface area (Å²) >= 11 is 0. The first kappa shape index (κ1) is 16.1. The highest BCUT2D eigenvalue weighted by molar-refractivity contribution is 5.17. The molecular formula is C17H25N5O. The Bertz CT molecular complexity index is 600. The highest BCUT2D eigenvalue weighted by Gasteiger charge is 2.28. The summed E-state index contributed by atoms with van der Waals surface area (Å²) in [6.07, 6.45) is 3.67. The Hall–Kier alpha value is -1.79. The van der Waals surface area contributed by atoms with E-state index in [-0.39, 0.29) is 0 Å². The first-order chi connectivity index (χ1) is 11.3. The molecule has 0 saturated carbocycles. The van der Waals surface area contributed by atoms with Gasteiger partial charge >= 0.3 is 0 Å². The Labute approximate surface area is 137 Å². The molecule has 23 heavy (non-hydrogen) atoms. The summed E-state index contributed by atoms with van der Waals surface area (Å²) in [5.41, 5.74) is 0.996. The van der Waals surface area contributed by atoms with E-state index in [9.17, 15) is 5.11 Å². The number of hydrogen-bond acceptors (Lipinski definition) is 5. The Morgan fingerprint density at radius 2 is 2.13 bits per heavy atom. The number of aromatic nitrogens is 4. The summed E-state index contributed by atoms with van der Waals surface area (Å²) in [5.74, 6) is 0.924. The van der Waals surface area contributed by atoms with E-state index in [4.69, 9.17) is 0 Å². The third-order valence-corrected chi connectivity index (χ3v) is 4.56. The summed E-state index contributed by atoms with van der Waals surface area (Å²) in [4.78, 5) is 2.41. The largest absolute Gasteiger partial charge is 0.388 e. The Kier molecular flexibility index (Phi) is 5.35. The zero-order chi connectivity index (χ0) is 16.1. The third kappa shape index (κ3) is 3.95. The molecular weight excluding hydrogens is 290 g/mol. The van der Waals surface area contributed by atoms with E-state index in [1.807, 2.05) is 35.0 Å². The van der Waals surface area contributed by atoms with Gasteiger partial charge in [0.05, 0.1) is 12.6 Å². The molecule has 0 unspecified atom stereocenters. The number of hydrogen-bond donors (Lipinski definition) is 1. The van der Waals surface area contributed by atoms with Crippen molar-refractivity contribution in [1.82, 2.24) is 25.1 Å². The van der Waals surface area contributed by atoms with Crippen molar-refractivity contribution in [2.75, 3.05) is 6.54 Å². The molecule has 2 atom stereocenters. The zero-order valence-corrected chi connectivity index (χ0v) is 13.7. The monoisotopic (exact) mass is 315 g/mol. The Morgan fingerprint density at radius 1 is 1.30 bits per heavy atom. The van der Waals surface area contributed by atoms with Crippen LogP contribution in [0.2, 0.25) is 0 Å². The molecule has 0 amide bonds. The van der Waals surface area contributed by atoms with Crippen molar-refractivity contribution < 1.29 is 5.11 Å². The molecule has 0 bridgehead atoms. The maximum Gasteiger partial charge on any atom is 0.165 e. The average molecular weight is 315 g/mol. The van der Waals surface area contributed by atoms with Crippen molar-refractivity contribution >= 4 is 0 Å². The van der Waals surface area contributed by atoms with E-state index in [1.54, 1.807) is 0 Å². The molecule has 2 heterocycles. The van der Waals surface area contributed by atoms with Gasteiger partial charge < -0.3 is 5.11 Å². The number of likely N-dealkylation sites (tertiary alicyclic amines) is 1. The van der Waals surface area contributed by atoms with Crippen molar-refractivity contribution in [3.63, 3.8) is 0 Å². The second-order valence-electron chi connectivity index (χ2n) is 6.25. The zero-order valence-electron chi connectivity index (χ0n) is 13.7. The molecule has 1 aliphatic rings. The maximum absolute atomic E-state index is 10.5. The SMILES string of the molecule is CCCn1nnnc1CN1CCC[C@H]1C[C@H](O)c1ccccc1. The quantitative estimate of drug-likeness (QED) is 0.848. The molecule has 6 nitrogen and oxygen atoms in total.